The number of hydrogen-bond donors (Lipinski definition) is 1. The first kappa shape index (κ1) is 13.0. The maximum Gasteiger partial charge on any atom is 0.321 e. The highest BCUT2D eigenvalue weighted by atomic mass is 19.1. The number of benzene rings is 1. The van der Waals surface area contributed by atoms with Crippen molar-refractivity contribution in [3.05, 3.63) is 35.6 Å². The lowest BCUT2D eigenvalue weighted by molar-refractivity contribution is -0.143. The highest BCUT2D eigenvalue weighted by Crippen LogP contribution is 2.17. The number of carboxylic acid groups (broad SMARTS) is 1. The minimum Gasteiger partial charge on any atom is -0.480 e. The summed E-state index contributed by atoms with van der Waals surface area (Å²) in [5.74, 6) is -1.18. The van der Waals surface area contributed by atoms with Crippen LogP contribution in [0.1, 0.15) is 24.8 Å². The van der Waals surface area contributed by atoms with Crippen LogP contribution >= 0.6 is 0 Å². The van der Waals surface area contributed by atoms with Gasteiger partial charge in [-0.3, -0.25) is 9.69 Å². The van der Waals surface area contributed by atoms with Gasteiger partial charge in [0.2, 0.25) is 0 Å². The molecule has 1 N–H and O–H groups in total. The lowest BCUT2D eigenvalue weighted by atomic mass is 10.0. The highest BCUT2D eigenvalue weighted by Gasteiger charge is 2.27. The lowest BCUT2D eigenvalue weighted by Gasteiger charge is -2.32. The SMILES string of the molecule is O=C(O)[C@@H](Cc1ccccc1F)N1CCCCC1. The predicted molar refractivity (Wildman–Crippen MR) is 67.0 cm³/mol. The van der Waals surface area contributed by atoms with Gasteiger partial charge in [-0.2, -0.15) is 0 Å². The second kappa shape index (κ2) is 5.96. The summed E-state index contributed by atoms with van der Waals surface area (Å²) < 4.78 is 13.6. The summed E-state index contributed by atoms with van der Waals surface area (Å²) in [6.07, 6.45) is 3.45. The molecule has 1 aromatic rings. The van der Waals surface area contributed by atoms with E-state index in [0.29, 0.717) is 5.56 Å². The quantitative estimate of drug-likeness (QED) is 0.892. The topological polar surface area (TPSA) is 40.5 Å². The van der Waals surface area contributed by atoms with Crippen molar-refractivity contribution in [2.75, 3.05) is 13.1 Å². The van der Waals surface area contributed by atoms with Gasteiger partial charge in [-0.25, -0.2) is 4.39 Å². The number of aliphatic carboxylic acids is 1. The van der Waals surface area contributed by atoms with Crippen molar-refractivity contribution in [2.24, 2.45) is 0 Å². The third-order valence-corrected chi connectivity index (χ3v) is 3.49. The van der Waals surface area contributed by atoms with Crippen molar-refractivity contribution in [2.45, 2.75) is 31.7 Å². The molecule has 0 bridgehead atoms. The molecule has 1 aliphatic heterocycles. The van der Waals surface area contributed by atoms with Crippen molar-refractivity contribution >= 4 is 5.97 Å². The van der Waals surface area contributed by atoms with E-state index in [2.05, 4.69) is 0 Å². The first-order valence-electron chi connectivity index (χ1n) is 6.39. The van der Waals surface area contributed by atoms with Crippen LogP contribution < -0.4 is 0 Å². The summed E-state index contributed by atoms with van der Waals surface area (Å²) in [5, 5.41) is 9.31. The molecule has 1 fully saturated rings. The summed E-state index contributed by atoms with van der Waals surface area (Å²) in [7, 11) is 0. The van der Waals surface area contributed by atoms with Gasteiger partial charge >= 0.3 is 5.97 Å². The highest BCUT2D eigenvalue weighted by molar-refractivity contribution is 5.74. The van der Waals surface area contributed by atoms with E-state index in [1.807, 2.05) is 4.90 Å². The largest absolute Gasteiger partial charge is 0.480 e. The van der Waals surface area contributed by atoms with Crippen LogP contribution in [0, 0.1) is 5.82 Å². The molecule has 4 heteroatoms. The smallest absolute Gasteiger partial charge is 0.321 e. The molecule has 1 atom stereocenters. The van der Waals surface area contributed by atoms with E-state index in [1.165, 1.54) is 6.07 Å². The maximum atomic E-state index is 13.6. The molecule has 0 aliphatic carbocycles. The molecule has 0 aromatic heterocycles. The minimum atomic E-state index is -0.861. The van der Waals surface area contributed by atoms with Crippen molar-refractivity contribution in [1.29, 1.82) is 0 Å². The zero-order chi connectivity index (χ0) is 13.0. The fourth-order valence-electron chi connectivity index (χ4n) is 2.47. The van der Waals surface area contributed by atoms with Gasteiger partial charge < -0.3 is 5.11 Å². The number of halogens is 1. The molecule has 0 amide bonds. The van der Waals surface area contributed by atoms with E-state index >= 15 is 0 Å². The van der Waals surface area contributed by atoms with Gasteiger partial charge in [-0.1, -0.05) is 24.6 Å². The minimum absolute atomic E-state index is 0.238. The van der Waals surface area contributed by atoms with Gasteiger partial charge in [0.25, 0.3) is 0 Å². The second-order valence-corrected chi connectivity index (χ2v) is 4.75. The van der Waals surface area contributed by atoms with Crippen LogP contribution in [0.4, 0.5) is 4.39 Å². The Labute approximate surface area is 106 Å². The number of carbonyl (C=O) groups is 1. The Bertz CT molecular complexity index is 416. The molecule has 3 nitrogen and oxygen atoms in total. The van der Waals surface area contributed by atoms with Gasteiger partial charge in [0.1, 0.15) is 11.9 Å². The van der Waals surface area contributed by atoms with Crippen LogP contribution in [0.3, 0.4) is 0 Å². The molecule has 0 saturated carbocycles. The third-order valence-electron chi connectivity index (χ3n) is 3.49. The number of rotatable bonds is 4. The van der Waals surface area contributed by atoms with E-state index in [1.54, 1.807) is 18.2 Å². The molecular weight excluding hydrogens is 233 g/mol. The molecule has 1 aromatic carbocycles. The van der Waals surface area contributed by atoms with Crippen molar-refractivity contribution in [3.63, 3.8) is 0 Å². The Hall–Kier alpha value is -1.42. The number of piperidine rings is 1. The fraction of sp³-hybridized carbons (Fsp3) is 0.500. The van der Waals surface area contributed by atoms with E-state index in [9.17, 15) is 14.3 Å². The molecule has 0 radical (unpaired) electrons. The second-order valence-electron chi connectivity index (χ2n) is 4.75. The van der Waals surface area contributed by atoms with Crippen LogP contribution in [0.5, 0.6) is 0 Å². The van der Waals surface area contributed by atoms with Crippen LogP contribution in [0.25, 0.3) is 0 Å². The zero-order valence-corrected chi connectivity index (χ0v) is 10.3. The molecular formula is C14H18FNO2. The van der Waals surface area contributed by atoms with E-state index in [-0.39, 0.29) is 12.2 Å². The predicted octanol–water partition coefficient (Wildman–Crippen LogP) is 2.31. The van der Waals surface area contributed by atoms with E-state index in [0.717, 1.165) is 32.4 Å². The number of hydrogen-bond acceptors (Lipinski definition) is 2. The summed E-state index contributed by atoms with van der Waals surface area (Å²) in [4.78, 5) is 13.3. The van der Waals surface area contributed by atoms with Gasteiger partial charge in [-0.15, -0.1) is 0 Å². The first-order valence-corrected chi connectivity index (χ1v) is 6.39. The van der Waals surface area contributed by atoms with Crippen molar-refractivity contribution in [1.82, 2.24) is 4.90 Å². The average molecular weight is 251 g/mol. The monoisotopic (exact) mass is 251 g/mol. The Kier molecular flexibility index (Phi) is 4.31. The molecule has 1 heterocycles. The van der Waals surface area contributed by atoms with Crippen LogP contribution in [0.15, 0.2) is 24.3 Å². The average Bonchev–Trinajstić information content (AvgIpc) is 2.38. The van der Waals surface area contributed by atoms with E-state index < -0.39 is 12.0 Å². The standard InChI is InChI=1S/C14H18FNO2/c15-12-7-3-2-6-11(12)10-13(14(17)18)16-8-4-1-5-9-16/h2-3,6-7,13H,1,4-5,8-10H2,(H,17,18)/t13-/m1/s1. The molecule has 0 spiro atoms. The van der Waals surface area contributed by atoms with E-state index in [4.69, 9.17) is 0 Å². The summed E-state index contributed by atoms with van der Waals surface area (Å²) in [6, 6.07) is 5.80. The molecule has 98 valence electrons. The fourth-order valence-corrected chi connectivity index (χ4v) is 2.47. The van der Waals surface area contributed by atoms with Crippen molar-refractivity contribution < 1.29 is 14.3 Å². The zero-order valence-electron chi connectivity index (χ0n) is 10.3. The number of carboxylic acids is 1. The van der Waals surface area contributed by atoms with Gasteiger partial charge in [0.05, 0.1) is 0 Å². The normalized spacial score (nSPS) is 18.5. The summed E-state index contributed by atoms with van der Waals surface area (Å²) in [6.45, 7) is 1.59. The third kappa shape index (κ3) is 3.07. The Morgan fingerprint density at radius 2 is 1.94 bits per heavy atom. The Morgan fingerprint density at radius 3 is 2.56 bits per heavy atom. The number of likely N-dealkylation sites (tertiary alicyclic amines) is 1. The maximum absolute atomic E-state index is 13.6. The molecule has 18 heavy (non-hydrogen) atoms. The van der Waals surface area contributed by atoms with Gasteiger partial charge in [0.15, 0.2) is 0 Å². The van der Waals surface area contributed by atoms with Gasteiger partial charge in [-0.05, 0) is 37.6 Å². The van der Waals surface area contributed by atoms with Crippen LogP contribution in [0.2, 0.25) is 0 Å². The molecule has 1 saturated heterocycles. The van der Waals surface area contributed by atoms with Crippen LogP contribution in [-0.4, -0.2) is 35.1 Å². The molecule has 2 rings (SSSR count). The number of nitrogens with zero attached hydrogens (tertiary/aromatic N) is 1. The van der Waals surface area contributed by atoms with Gasteiger partial charge in [0, 0.05) is 6.42 Å². The summed E-state index contributed by atoms with van der Waals surface area (Å²) in [5.41, 5.74) is 0.482. The molecule has 0 unspecified atom stereocenters. The molecule has 1 aliphatic rings. The lowest BCUT2D eigenvalue weighted by Crippen LogP contribution is -2.45. The van der Waals surface area contributed by atoms with Crippen molar-refractivity contribution in [3.8, 4) is 0 Å². The Balaban J connectivity index is 2.11. The summed E-state index contributed by atoms with van der Waals surface area (Å²) >= 11 is 0. The van der Waals surface area contributed by atoms with Crippen LogP contribution in [-0.2, 0) is 11.2 Å². The first-order chi connectivity index (χ1) is 8.68. The Morgan fingerprint density at radius 1 is 1.28 bits per heavy atom.